The van der Waals surface area contributed by atoms with Crippen LogP contribution in [0.1, 0.15) is 6.42 Å². The highest BCUT2D eigenvalue weighted by molar-refractivity contribution is 7.17. The lowest BCUT2D eigenvalue weighted by atomic mass is 9.88. The summed E-state index contributed by atoms with van der Waals surface area (Å²) in [5.41, 5.74) is 7.87. The molecule has 10 heteroatoms. The van der Waals surface area contributed by atoms with Crippen LogP contribution in [0.4, 0.5) is 27.5 Å². The molecule has 2 aliphatic carbocycles. The molecular formula is C25H28FN7OS. The van der Waals surface area contributed by atoms with Gasteiger partial charge in [-0.25, -0.2) is 9.37 Å². The maximum Gasteiger partial charge on any atom is 0.229 e. The number of carbonyl (C=O) groups is 1. The predicted molar refractivity (Wildman–Crippen MR) is 138 cm³/mol. The third kappa shape index (κ3) is 4.10. The zero-order chi connectivity index (χ0) is 24.1. The second-order valence-corrected chi connectivity index (χ2v) is 10.6. The van der Waals surface area contributed by atoms with Crippen molar-refractivity contribution in [3.63, 3.8) is 0 Å². The summed E-state index contributed by atoms with van der Waals surface area (Å²) in [7, 11) is 2.08. The lowest BCUT2D eigenvalue weighted by Gasteiger charge is -2.34. The number of allylic oxidation sites excluding steroid dienone is 1. The molecule has 3 heterocycles. The summed E-state index contributed by atoms with van der Waals surface area (Å²) < 4.78 is 15.6. The summed E-state index contributed by atoms with van der Waals surface area (Å²) in [5, 5.41) is 8.77. The maximum absolute atomic E-state index is 14.7. The van der Waals surface area contributed by atoms with Crippen molar-refractivity contribution >= 4 is 50.6 Å². The number of nitrogens with one attached hydrogen (secondary N) is 2. The SMILES string of the molecule is CN1CCN(c2cc(Nc3nc(N[C@H]4[C@@H](C(N)=O)[C@@H]5C=C[C@H]4C5)c4sccc4n3)ccc2F)CC1. The van der Waals surface area contributed by atoms with E-state index in [1.54, 1.807) is 17.4 Å². The fraction of sp³-hybridized carbons (Fsp3) is 0.400. The Hall–Kier alpha value is -3.24. The number of benzene rings is 1. The van der Waals surface area contributed by atoms with Gasteiger partial charge in [-0.15, -0.1) is 11.3 Å². The lowest BCUT2D eigenvalue weighted by molar-refractivity contribution is -0.122. The van der Waals surface area contributed by atoms with Crippen LogP contribution in [0.2, 0.25) is 0 Å². The largest absolute Gasteiger partial charge is 0.369 e. The number of likely N-dealkylation sites (N-methyl/N-ethyl adjacent to an activating group) is 1. The van der Waals surface area contributed by atoms with Crippen molar-refractivity contribution in [1.82, 2.24) is 14.9 Å². The van der Waals surface area contributed by atoms with Gasteiger partial charge in [0, 0.05) is 37.9 Å². The molecule has 0 spiro atoms. The van der Waals surface area contributed by atoms with Crippen LogP contribution in [-0.2, 0) is 4.79 Å². The monoisotopic (exact) mass is 493 g/mol. The van der Waals surface area contributed by atoms with Gasteiger partial charge in [0.1, 0.15) is 11.6 Å². The number of rotatable bonds is 6. The normalized spacial score (nSPS) is 25.9. The van der Waals surface area contributed by atoms with E-state index >= 15 is 0 Å². The Morgan fingerprint density at radius 3 is 2.74 bits per heavy atom. The van der Waals surface area contributed by atoms with Gasteiger partial charge in [0.2, 0.25) is 11.9 Å². The molecule has 35 heavy (non-hydrogen) atoms. The number of hydrogen-bond acceptors (Lipinski definition) is 8. The standard InChI is InChI=1S/C25H28FN7OS/c1-32-7-9-33(10-8-32)19-13-16(4-5-17(19)26)28-25-29-18-6-11-35-22(18)24(31-25)30-21-15-3-2-14(12-15)20(21)23(27)34/h2-6,11,13-15,20-21H,7-10,12H2,1H3,(H2,27,34)(H2,28,29,30,31)/t14-,15+,20+,21-/m1/s1. The number of primary amides is 1. The molecule has 4 atom stereocenters. The van der Waals surface area contributed by atoms with Gasteiger partial charge < -0.3 is 26.2 Å². The van der Waals surface area contributed by atoms with Crippen molar-refractivity contribution in [1.29, 1.82) is 0 Å². The molecule has 1 aromatic carbocycles. The molecule has 2 aromatic heterocycles. The van der Waals surface area contributed by atoms with Crippen LogP contribution in [0.3, 0.4) is 0 Å². The van der Waals surface area contributed by atoms with E-state index in [2.05, 4.69) is 44.6 Å². The summed E-state index contributed by atoms with van der Waals surface area (Å²) in [5.74, 6) is 0.766. The minimum atomic E-state index is -0.281. The van der Waals surface area contributed by atoms with E-state index in [9.17, 15) is 9.18 Å². The van der Waals surface area contributed by atoms with Crippen LogP contribution in [0, 0.1) is 23.6 Å². The number of anilines is 4. The second-order valence-electron chi connectivity index (χ2n) is 9.66. The van der Waals surface area contributed by atoms with Crippen LogP contribution >= 0.6 is 11.3 Å². The number of nitrogens with two attached hydrogens (primary N) is 1. The number of carbonyl (C=O) groups excluding carboxylic acids is 1. The van der Waals surface area contributed by atoms with Crippen molar-refractivity contribution in [2.24, 2.45) is 23.5 Å². The Labute approximate surface area is 207 Å². The third-order valence-corrected chi connectivity index (χ3v) is 8.35. The van der Waals surface area contributed by atoms with Crippen LogP contribution in [0.15, 0.2) is 41.8 Å². The molecule has 4 N–H and O–H groups in total. The van der Waals surface area contributed by atoms with E-state index in [1.165, 1.54) is 6.07 Å². The summed E-state index contributed by atoms with van der Waals surface area (Å²) >= 11 is 1.56. The molecule has 182 valence electrons. The first-order valence-electron chi connectivity index (χ1n) is 12.0. The van der Waals surface area contributed by atoms with Crippen molar-refractivity contribution in [2.75, 3.05) is 48.8 Å². The maximum atomic E-state index is 14.7. The van der Waals surface area contributed by atoms with Gasteiger partial charge in [-0.1, -0.05) is 12.2 Å². The van der Waals surface area contributed by atoms with E-state index in [0.717, 1.165) is 48.5 Å². The van der Waals surface area contributed by atoms with E-state index in [-0.39, 0.29) is 35.5 Å². The third-order valence-electron chi connectivity index (χ3n) is 7.44. The summed E-state index contributed by atoms with van der Waals surface area (Å²) in [6.07, 6.45) is 5.21. The van der Waals surface area contributed by atoms with Gasteiger partial charge in [0.05, 0.1) is 21.8 Å². The minimum Gasteiger partial charge on any atom is -0.369 e. The molecule has 0 radical (unpaired) electrons. The molecular weight excluding hydrogens is 465 g/mol. The number of amides is 1. The van der Waals surface area contributed by atoms with Gasteiger partial charge >= 0.3 is 0 Å². The first-order valence-corrected chi connectivity index (χ1v) is 12.8. The topological polar surface area (TPSA) is 99.4 Å². The molecule has 2 fully saturated rings. The molecule has 1 saturated heterocycles. The first kappa shape index (κ1) is 22.2. The van der Waals surface area contributed by atoms with Gasteiger partial charge in [-0.2, -0.15) is 4.98 Å². The summed E-state index contributed by atoms with van der Waals surface area (Å²) in [6, 6.07) is 6.86. The van der Waals surface area contributed by atoms with Gasteiger partial charge in [0.25, 0.3) is 0 Å². The Bertz CT molecular complexity index is 1300. The highest BCUT2D eigenvalue weighted by Gasteiger charge is 2.47. The molecule has 6 rings (SSSR count). The quantitative estimate of drug-likeness (QED) is 0.453. The molecule has 2 bridgehead atoms. The van der Waals surface area contributed by atoms with E-state index in [1.807, 2.05) is 17.5 Å². The van der Waals surface area contributed by atoms with Crippen molar-refractivity contribution in [3.8, 4) is 0 Å². The number of thiophene rings is 1. The van der Waals surface area contributed by atoms with Crippen LogP contribution < -0.4 is 21.3 Å². The van der Waals surface area contributed by atoms with Crippen molar-refractivity contribution in [3.05, 3.63) is 47.6 Å². The zero-order valence-electron chi connectivity index (χ0n) is 19.4. The predicted octanol–water partition coefficient (Wildman–Crippen LogP) is 3.41. The number of halogens is 1. The van der Waals surface area contributed by atoms with Crippen molar-refractivity contribution < 1.29 is 9.18 Å². The smallest absolute Gasteiger partial charge is 0.229 e. The number of nitrogens with zero attached hydrogens (tertiary/aromatic N) is 4. The minimum absolute atomic E-state index is 0.0924. The van der Waals surface area contributed by atoms with Gasteiger partial charge in [-0.05, 0) is 54.9 Å². The van der Waals surface area contributed by atoms with E-state index in [4.69, 9.17) is 10.7 Å². The highest BCUT2D eigenvalue weighted by atomic mass is 32.1. The van der Waals surface area contributed by atoms with Crippen LogP contribution in [0.5, 0.6) is 0 Å². The summed E-state index contributed by atoms with van der Waals surface area (Å²) in [6.45, 7) is 3.35. The molecule has 3 aliphatic rings. The number of aromatic nitrogens is 2. The molecule has 1 aliphatic heterocycles. The average molecular weight is 494 g/mol. The highest BCUT2D eigenvalue weighted by Crippen LogP contribution is 2.45. The van der Waals surface area contributed by atoms with E-state index in [0.29, 0.717) is 17.5 Å². The van der Waals surface area contributed by atoms with Crippen LogP contribution in [0.25, 0.3) is 10.2 Å². The fourth-order valence-corrected chi connectivity index (χ4v) is 6.37. The zero-order valence-corrected chi connectivity index (χ0v) is 20.3. The average Bonchev–Trinajstić information content (AvgIpc) is 3.57. The molecule has 0 unspecified atom stereocenters. The summed E-state index contributed by atoms with van der Waals surface area (Å²) in [4.78, 5) is 25.9. The Kier molecular flexibility index (Phi) is 5.57. The lowest BCUT2D eigenvalue weighted by Crippen LogP contribution is -2.44. The fourth-order valence-electron chi connectivity index (χ4n) is 5.59. The van der Waals surface area contributed by atoms with Crippen LogP contribution in [-0.4, -0.2) is 60.0 Å². The van der Waals surface area contributed by atoms with Gasteiger partial charge in [0.15, 0.2) is 0 Å². The molecule has 1 amide bonds. The number of piperazine rings is 1. The Morgan fingerprint density at radius 1 is 1.14 bits per heavy atom. The number of fused-ring (bicyclic) bond motifs is 3. The molecule has 1 saturated carbocycles. The Morgan fingerprint density at radius 2 is 1.94 bits per heavy atom. The van der Waals surface area contributed by atoms with Crippen molar-refractivity contribution in [2.45, 2.75) is 12.5 Å². The second kappa shape index (κ2) is 8.76. The van der Waals surface area contributed by atoms with E-state index < -0.39 is 0 Å². The first-order chi connectivity index (χ1) is 17.0. The van der Waals surface area contributed by atoms with Gasteiger partial charge in [-0.3, -0.25) is 4.79 Å². The molecule has 8 nitrogen and oxygen atoms in total. The number of hydrogen-bond donors (Lipinski definition) is 3. The molecule has 3 aromatic rings. The Balaban J connectivity index is 1.28.